The van der Waals surface area contributed by atoms with Gasteiger partial charge in [-0.2, -0.15) is 0 Å². The van der Waals surface area contributed by atoms with Crippen LogP contribution in [0.1, 0.15) is 40.2 Å². The van der Waals surface area contributed by atoms with Crippen molar-refractivity contribution in [2.75, 3.05) is 26.7 Å². The standard InChI is InChI=1S/C19H32N4O.HI/c1-18(2,3)16(24)21-12-13-22-17(20-6)23-14-19(4,5)15-10-8-7-9-11-15;/h7-11H,12-14H2,1-6H3,(H,21,24)(H2,20,22,23);1H. The van der Waals surface area contributed by atoms with E-state index in [0.717, 1.165) is 12.5 Å². The van der Waals surface area contributed by atoms with E-state index in [-0.39, 0.29) is 40.7 Å². The fourth-order valence-electron chi connectivity index (χ4n) is 2.14. The van der Waals surface area contributed by atoms with Gasteiger partial charge in [-0.05, 0) is 5.56 Å². The second-order valence-electron chi connectivity index (χ2n) is 7.61. The molecule has 0 spiro atoms. The number of carbonyl (C=O) groups is 1. The highest BCUT2D eigenvalue weighted by Crippen LogP contribution is 2.21. The van der Waals surface area contributed by atoms with E-state index in [2.05, 4.69) is 59.1 Å². The number of halogens is 1. The molecule has 1 aromatic rings. The average molecular weight is 460 g/mol. The molecule has 0 unspecified atom stereocenters. The van der Waals surface area contributed by atoms with Gasteiger partial charge in [0.15, 0.2) is 5.96 Å². The minimum atomic E-state index is -0.361. The van der Waals surface area contributed by atoms with Crippen LogP contribution in [0.4, 0.5) is 0 Å². The van der Waals surface area contributed by atoms with Crippen LogP contribution in [-0.4, -0.2) is 38.5 Å². The summed E-state index contributed by atoms with van der Waals surface area (Å²) in [4.78, 5) is 16.0. The molecule has 0 bridgehead atoms. The molecule has 1 amide bonds. The summed E-state index contributed by atoms with van der Waals surface area (Å²) in [5.41, 5.74) is 0.921. The molecule has 3 N–H and O–H groups in total. The number of nitrogens with one attached hydrogen (secondary N) is 3. The summed E-state index contributed by atoms with van der Waals surface area (Å²) < 4.78 is 0. The van der Waals surface area contributed by atoms with Gasteiger partial charge in [0.25, 0.3) is 0 Å². The van der Waals surface area contributed by atoms with Gasteiger partial charge in [-0.15, -0.1) is 24.0 Å². The molecule has 0 aliphatic rings. The van der Waals surface area contributed by atoms with Gasteiger partial charge < -0.3 is 16.0 Å². The van der Waals surface area contributed by atoms with Gasteiger partial charge >= 0.3 is 0 Å². The summed E-state index contributed by atoms with van der Waals surface area (Å²) in [6.45, 7) is 12.1. The molecule has 1 rings (SSSR count). The molecule has 0 aliphatic heterocycles. The quantitative estimate of drug-likeness (QED) is 0.265. The van der Waals surface area contributed by atoms with Crippen LogP contribution in [0.5, 0.6) is 0 Å². The number of carbonyl (C=O) groups excluding carboxylic acids is 1. The highest BCUT2D eigenvalue weighted by molar-refractivity contribution is 14.0. The van der Waals surface area contributed by atoms with Crippen LogP contribution in [0.25, 0.3) is 0 Å². The number of hydrogen-bond acceptors (Lipinski definition) is 2. The zero-order valence-corrected chi connectivity index (χ0v) is 18.6. The molecule has 0 saturated carbocycles. The molecule has 5 nitrogen and oxygen atoms in total. The Bertz CT molecular complexity index is 550. The third-order valence-corrected chi connectivity index (χ3v) is 3.86. The Labute approximate surface area is 169 Å². The van der Waals surface area contributed by atoms with E-state index in [1.165, 1.54) is 5.56 Å². The Hall–Kier alpha value is -1.31. The van der Waals surface area contributed by atoms with Crippen LogP contribution in [0.2, 0.25) is 0 Å². The minimum Gasteiger partial charge on any atom is -0.356 e. The van der Waals surface area contributed by atoms with Crippen LogP contribution >= 0.6 is 24.0 Å². The average Bonchev–Trinajstić information content (AvgIpc) is 2.54. The van der Waals surface area contributed by atoms with Gasteiger partial charge in [-0.3, -0.25) is 9.79 Å². The molecule has 1 aromatic carbocycles. The second-order valence-corrected chi connectivity index (χ2v) is 7.61. The van der Waals surface area contributed by atoms with E-state index in [4.69, 9.17) is 0 Å². The Balaban J connectivity index is 0.00000576. The Morgan fingerprint density at radius 2 is 1.52 bits per heavy atom. The molecule has 0 atom stereocenters. The molecule has 0 fully saturated rings. The van der Waals surface area contributed by atoms with E-state index >= 15 is 0 Å². The van der Waals surface area contributed by atoms with E-state index < -0.39 is 0 Å². The van der Waals surface area contributed by atoms with Crippen LogP contribution in [0.3, 0.4) is 0 Å². The maximum atomic E-state index is 11.8. The number of rotatable bonds is 6. The molecule has 0 radical (unpaired) electrons. The van der Waals surface area contributed by atoms with Crippen molar-refractivity contribution in [3.63, 3.8) is 0 Å². The first-order chi connectivity index (χ1) is 11.2. The number of aliphatic imine (C=N–C) groups is 1. The monoisotopic (exact) mass is 460 g/mol. The van der Waals surface area contributed by atoms with E-state index in [9.17, 15) is 4.79 Å². The smallest absolute Gasteiger partial charge is 0.225 e. The van der Waals surface area contributed by atoms with E-state index in [1.54, 1.807) is 7.05 Å². The van der Waals surface area contributed by atoms with Crippen LogP contribution < -0.4 is 16.0 Å². The van der Waals surface area contributed by atoms with E-state index in [0.29, 0.717) is 13.1 Å². The zero-order chi connectivity index (χ0) is 18.2. The molecule has 0 saturated heterocycles. The fraction of sp³-hybridized carbons (Fsp3) is 0.579. The predicted molar refractivity (Wildman–Crippen MR) is 117 cm³/mol. The van der Waals surface area contributed by atoms with Crippen molar-refractivity contribution < 1.29 is 4.79 Å². The summed E-state index contributed by atoms with van der Waals surface area (Å²) in [5, 5.41) is 9.49. The maximum absolute atomic E-state index is 11.8. The Morgan fingerprint density at radius 1 is 0.960 bits per heavy atom. The van der Waals surface area contributed by atoms with Gasteiger partial charge in [0.2, 0.25) is 5.91 Å². The normalized spacial score (nSPS) is 12.2. The van der Waals surface area contributed by atoms with Crippen LogP contribution in [0, 0.1) is 5.41 Å². The predicted octanol–water partition coefficient (Wildman–Crippen LogP) is 2.91. The van der Waals surface area contributed by atoms with Crippen molar-refractivity contribution in [1.29, 1.82) is 0 Å². The van der Waals surface area contributed by atoms with Gasteiger partial charge in [0.1, 0.15) is 0 Å². The first-order valence-electron chi connectivity index (χ1n) is 8.45. The molecule has 25 heavy (non-hydrogen) atoms. The highest BCUT2D eigenvalue weighted by atomic mass is 127. The van der Waals surface area contributed by atoms with Crippen molar-refractivity contribution in [1.82, 2.24) is 16.0 Å². The lowest BCUT2D eigenvalue weighted by Crippen LogP contribution is -2.46. The lowest BCUT2D eigenvalue weighted by Gasteiger charge is -2.27. The summed E-state index contributed by atoms with van der Waals surface area (Å²) in [7, 11) is 1.75. The molecular weight excluding hydrogens is 427 g/mol. The van der Waals surface area contributed by atoms with Crippen molar-refractivity contribution in [2.24, 2.45) is 10.4 Å². The summed E-state index contributed by atoms with van der Waals surface area (Å²) >= 11 is 0. The van der Waals surface area contributed by atoms with Gasteiger partial charge in [-0.1, -0.05) is 65.0 Å². The van der Waals surface area contributed by atoms with Crippen molar-refractivity contribution in [3.8, 4) is 0 Å². The first-order valence-corrected chi connectivity index (χ1v) is 8.45. The number of amides is 1. The van der Waals surface area contributed by atoms with Gasteiger partial charge in [-0.25, -0.2) is 0 Å². The van der Waals surface area contributed by atoms with Crippen molar-refractivity contribution in [3.05, 3.63) is 35.9 Å². The van der Waals surface area contributed by atoms with Crippen molar-refractivity contribution in [2.45, 2.75) is 40.0 Å². The molecule has 142 valence electrons. The molecular formula is C19H33IN4O. The Kier molecular flexibility index (Phi) is 10.1. The number of nitrogens with zero attached hydrogens (tertiary/aromatic N) is 1. The maximum Gasteiger partial charge on any atom is 0.225 e. The molecule has 0 heterocycles. The van der Waals surface area contributed by atoms with Crippen LogP contribution in [0.15, 0.2) is 35.3 Å². The zero-order valence-electron chi connectivity index (χ0n) is 16.3. The molecule has 0 aromatic heterocycles. The van der Waals surface area contributed by atoms with Gasteiger partial charge in [0.05, 0.1) is 0 Å². The summed E-state index contributed by atoms with van der Waals surface area (Å²) in [6.07, 6.45) is 0. The SMILES string of the molecule is CN=C(NCCNC(=O)C(C)(C)C)NCC(C)(C)c1ccccc1.I. The molecule has 6 heteroatoms. The van der Waals surface area contributed by atoms with Crippen molar-refractivity contribution >= 4 is 35.8 Å². The minimum absolute atomic E-state index is 0. The number of benzene rings is 1. The van der Waals surface area contributed by atoms with Gasteiger partial charge in [0, 0.05) is 37.5 Å². The Morgan fingerprint density at radius 3 is 2.04 bits per heavy atom. The fourth-order valence-corrected chi connectivity index (χ4v) is 2.14. The summed E-state index contributed by atoms with van der Waals surface area (Å²) in [6, 6.07) is 10.4. The largest absolute Gasteiger partial charge is 0.356 e. The van der Waals surface area contributed by atoms with E-state index in [1.807, 2.05) is 26.8 Å². The highest BCUT2D eigenvalue weighted by Gasteiger charge is 2.21. The number of guanidine groups is 1. The second kappa shape index (κ2) is 10.6. The topological polar surface area (TPSA) is 65.5 Å². The third kappa shape index (κ3) is 8.56. The number of hydrogen-bond donors (Lipinski definition) is 3. The lowest BCUT2D eigenvalue weighted by atomic mass is 9.85. The third-order valence-electron chi connectivity index (χ3n) is 3.86. The lowest BCUT2D eigenvalue weighted by molar-refractivity contribution is -0.128. The first kappa shape index (κ1) is 23.7. The molecule has 0 aliphatic carbocycles. The summed E-state index contributed by atoms with van der Waals surface area (Å²) in [5.74, 6) is 0.793. The van der Waals surface area contributed by atoms with Crippen LogP contribution in [-0.2, 0) is 10.2 Å².